The van der Waals surface area contributed by atoms with E-state index in [9.17, 15) is 4.79 Å². The third-order valence-corrected chi connectivity index (χ3v) is 6.09. The highest BCUT2D eigenvalue weighted by Gasteiger charge is 2.32. The molecule has 2 heterocycles. The number of aromatic amines is 1. The van der Waals surface area contributed by atoms with Gasteiger partial charge < -0.3 is 15.6 Å². The van der Waals surface area contributed by atoms with E-state index >= 15 is 0 Å². The van der Waals surface area contributed by atoms with Gasteiger partial charge in [0.05, 0.1) is 0 Å². The zero-order valence-electron chi connectivity index (χ0n) is 16.3. The van der Waals surface area contributed by atoms with Crippen LogP contribution in [0.5, 0.6) is 0 Å². The fourth-order valence-corrected chi connectivity index (χ4v) is 4.74. The highest BCUT2D eigenvalue weighted by Crippen LogP contribution is 2.37. The van der Waals surface area contributed by atoms with Gasteiger partial charge in [0.15, 0.2) is 0 Å². The van der Waals surface area contributed by atoms with Crippen LogP contribution in [0.2, 0.25) is 0 Å². The molecule has 4 nitrogen and oxygen atoms in total. The average molecular weight is 361 g/mol. The molecule has 0 radical (unpaired) electrons. The number of nitrogens with one attached hydrogen (secondary N) is 1. The highest BCUT2D eigenvalue weighted by atomic mass is 16.1. The topological polar surface area (TPSA) is 62.1 Å². The zero-order chi connectivity index (χ0) is 19.1. The predicted octanol–water partition coefficient (Wildman–Crippen LogP) is 3.77. The summed E-state index contributed by atoms with van der Waals surface area (Å²) >= 11 is 0. The van der Waals surface area contributed by atoms with Gasteiger partial charge in [-0.15, -0.1) is 0 Å². The van der Waals surface area contributed by atoms with Crippen molar-refractivity contribution in [3.63, 3.8) is 0 Å². The van der Waals surface area contributed by atoms with Gasteiger partial charge in [-0.1, -0.05) is 18.2 Å². The molecule has 27 heavy (non-hydrogen) atoms. The molecule has 1 unspecified atom stereocenters. The number of H-pyrrole nitrogens is 1. The lowest BCUT2D eigenvalue weighted by molar-refractivity contribution is 0.100. The number of nitrogens with two attached hydrogens (primary N) is 1. The molecule has 140 valence electrons. The van der Waals surface area contributed by atoms with Gasteiger partial charge in [0, 0.05) is 41.7 Å². The number of aromatic nitrogens is 1. The fourth-order valence-electron chi connectivity index (χ4n) is 4.74. The molecular weight excluding hydrogens is 334 g/mol. The van der Waals surface area contributed by atoms with Crippen LogP contribution in [0.1, 0.15) is 38.5 Å². The Balaban J connectivity index is 1.66. The number of likely N-dealkylation sites (N-methyl/N-ethyl adjacent to an activating group) is 1. The first-order chi connectivity index (χ1) is 12.9. The highest BCUT2D eigenvalue weighted by molar-refractivity contribution is 5.92. The Labute approximate surface area is 160 Å². The molecule has 0 spiro atoms. The molecule has 0 saturated carbocycles. The molecule has 0 aliphatic carbocycles. The van der Waals surface area contributed by atoms with Crippen LogP contribution in [0.3, 0.4) is 0 Å². The van der Waals surface area contributed by atoms with E-state index in [0.29, 0.717) is 17.4 Å². The summed E-state index contributed by atoms with van der Waals surface area (Å²) in [5.41, 5.74) is 12.6. The van der Waals surface area contributed by atoms with Crippen LogP contribution >= 0.6 is 0 Å². The standard InChI is InChI=1S/C23H27N3O/c1-14-10-15(2)22-19(8-9-25-22)20(14)11-18-12-26(3)13-21(18)16-4-6-17(7-5-16)23(24)27/h4-10,18,21,25H,11-13H2,1-3H3,(H2,24,27)/t18?,21-/m0/s1. The summed E-state index contributed by atoms with van der Waals surface area (Å²) < 4.78 is 0. The van der Waals surface area contributed by atoms with Gasteiger partial charge in [0.1, 0.15) is 0 Å². The molecule has 4 rings (SSSR count). The molecule has 1 fully saturated rings. The number of carbonyl (C=O) groups is 1. The van der Waals surface area contributed by atoms with Crippen molar-refractivity contribution >= 4 is 16.8 Å². The smallest absolute Gasteiger partial charge is 0.248 e. The van der Waals surface area contributed by atoms with E-state index in [0.717, 1.165) is 19.5 Å². The minimum Gasteiger partial charge on any atom is -0.366 e. The minimum atomic E-state index is -0.369. The molecular formula is C23H27N3O. The summed E-state index contributed by atoms with van der Waals surface area (Å²) in [4.78, 5) is 17.2. The van der Waals surface area contributed by atoms with Crippen LogP contribution in [0.25, 0.3) is 10.9 Å². The lowest BCUT2D eigenvalue weighted by Gasteiger charge is -2.21. The largest absolute Gasteiger partial charge is 0.366 e. The van der Waals surface area contributed by atoms with Crippen LogP contribution in [0.15, 0.2) is 42.6 Å². The van der Waals surface area contributed by atoms with E-state index in [1.165, 1.54) is 33.2 Å². The minimum absolute atomic E-state index is 0.369. The van der Waals surface area contributed by atoms with Crippen LogP contribution in [0, 0.1) is 19.8 Å². The van der Waals surface area contributed by atoms with Crippen molar-refractivity contribution in [2.75, 3.05) is 20.1 Å². The lowest BCUT2D eigenvalue weighted by Crippen LogP contribution is -2.16. The lowest BCUT2D eigenvalue weighted by atomic mass is 9.82. The van der Waals surface area contributed by atoms with Gasteiger partial charge in [0.2, 0.25) is 5.91 Å². The first-order valence-corrected chi connectivity index (χ1v) is 9.58. The van der Waals surface area contributed by atoms with Crippen molar-refractivity contribution in [2.45, 2.75) is 26.2 Å². The normalized spacial score (nSPS) is 20.4. The van der Waals surface area contributed by atoms with Crippen molar-refractivity contribution in [3.05, 3.63) is 70.4 Å². The number of benzene rings is 2. The van der Waals surface area contributed by atoms with Crippen molar-refractivity contribution in [3.8, 4) is 0 Å². The maximum atomic E-state index is 11.4. The number of primary amides is 1. The maximum absolute atomic E-state index is 11.4. The molecule has 2 atom stereocenters. The first-order valence-electron chi connectivity index (χ1n) is 9.58. The SMILES string of the molecule is Cc1cc(C)c2[nH]ccc2c1CC1CN(C)C[C@H]1c1ccc(C(N)=O)cc1. The Bertz CT molecular complexity index is 987. The number of aryl methyl sites for hydroxylation is 2. The Morgan fingerprint density at radius 1 is 1.15 bits per heavy atom. The van der Waals surface area contributed by atoms with Crippen molar-refractivity contribution in [1.82, 2.24) is 9.88 Å². The van der Waals surface area contributed by atoms with Crippen molar-refractivity contribution in [2.24, 2.45) is 11.7 Å². The predicted molar refractivity (Wildman–Crippen MR) is 110 cm³/mol. The number of likely N-dealkylation sites (tertiary alicyclic amines) is 1. The molecule has 3 aromatic rings. The van der Waals surface area contributed by atoms with E-state index in [1.807, 2.05) is 18.3 Å². The summed E-state index contributed by atoms with van der Waals surface area (Å²) in [6.07, 6.45) is 3.11. The molecule has 2 aromatic carbocycles. The second kappa shape index (κ2) is 6.86. The second-order valence-electron chi connectivity index (χ2n) is 8.03. The van der Waals surface area contributed by atoms with E-state index in [4.69, 9.17) is 5.73 Å². The van der Waals surface area contributed by atoms with E-state index < -0.39 is 0 Å². The number of nitrogens with zero attached hydrogens (tertiary/aromatic N) is 1. The Morgan fingerprint density at radius 3 is 2.59 bits per heavy atom. The Hall–Kier alpha value is -2.59. The average Bonchev–Trinajstić information content (AvgIpc) is 3.25. The van der Waals surface area contributed by atoms with Gasteiger partial charge >= 0.3 is 0 Å². The number of carbonyl (C=O) groups excluding carboxylic acids is 1. The summed E-state index contributed by atoms with van der Waals surface area (Å²) in [6.45, 7) is 6.52. The van der Waals surface area contributed by atoms with Crippen LogP contribution < -0.4 is 5.73 Å². The molecule has 1 aromatic heterocycles. The molecule has 1 aliphatic heterocycles. The number of amides is 1. The van der Waals surface area contributed by atoms with Crippen molar-refractivity contribution in [1.29, 1.82) is 0 Å². The third-order valence-electron chi connectivity index (χ3n) is 6.09. The van der Waals surface area contributed by atoms with Crippen molar-refractivity contribution < 1.29 is 4.79 Å². The van der Waals surface area contributed by atoms with Crippen LogP contribution in [-0.4, -0.2) is 35.9 Å². The molecule has 1 saturated heterocycles. The van der Waals surface area contributed by atoms with E-state index in [-0.39, 0.29) is 5.91 Å². The molecule has 1 amide bonds. The van der Waals surface area contributed by atoms with Gasteiger partial charge in [-0.05, 0) is 73.7 Å². The van der Waals surface area contributed by atoms with Gasteiger partial charge in [-0.3, -0.25) is 4.79 Å². The maximum Gasteiger partial charge on any atom is 0.248 e. The zero-order valence-corrected chi connectivity index (χ0v) is 16.3. The summed E-state index contributed by atoms with van der Waals surface area (Å²) in [5.74, 6) is 0.646. The molecule has 0 bridgehead atoms. The van der Waals surface area contributed by atoms with Gasteiger partial charge in [0.25, 0.3) is 0 Å². The molecule has 3 N–H and O–H groups in total. The van der Waals surface area contributed by atoms with Gasteiger partial charge in [-0.2, -0.15) is 0 Å². The first kappa shape index (κ1) is 17.8. The molecule has 4 heteroatoms. The number of hydrogen-bond donors (Lipinski definition) is 2. The van der Waals surface area contributed by atoms with E-state index in [1.54, 1.807) is 0 Å². The number of hydrogen-bond acceptors (Lipinski definition) is 2. The van der Waals surface area contributed by atoms with E-state index in [2.05, 4.69) is 55.0 Å². The summed E-state index contributed by atoms with van der Waals surface area (Å²) in [5, 5.41) is 1.35. The quantitative estimate of drug-likeness (QED) is 0.743. The fraction of sp³-hybridized carbons (Fsp3) is 0.348. The molecule has 1 aliphatic rings. The monoisotopic (exact) mass is 361 g/mol. The number of rotatable bonds is 4. The second-order valence-corrected chi connectivity index (χ2v) is 8.03. The number of fused-ring (bicyclic) bond motifs is 1. The summed E-state index contributed by atoms with van der Waals surface area (Å²) in [6, 6.07) is 12.4. The summed E-state index contributed by atoms with van der Waals surface area (Å²) in [7, 11) is 2.19. The van der Waals surface area contributed by atoms with Crippen LogP contribution in [0.4, 0.5) is 0 Å². The Morgan fingerprint density at radius 2 is 1.89 bits per heavy atom. The third kappa shape index (κ3) is 3.26. The van der Waals surface area contributed by atoms with Crippen LogP contribution in [-0.2, 0) is 6.42 Å². The van der Waals surface area contributed by atoms with Gasteiger partial charge in [-0.25, -0.2) is 0 Å². The Kier molecular flexibility index (Phi) is 4.52.